The third-order valence-electron chi connectivity index (χ3n) is 3.50. The first-order valence-corrected chi connectivity index (χ1v) is 8.67. The van der Waals surface area contributed by atoms with Crippen molar-refractivity contribution in [2.75, 3.05) is 23.9 Å². The molecule has 0 spiro atoms. The van der Waals surface area contributed by atoms with Crippen molar-refractivity contribution in [3.8, 4) is 11.4 Å². The minimum Gasteiger partial charge on any atom is -0.396 e. The van der Waals surface area contributed by atoms with Gasteiger partial charge in [0.25, 0.3) is 0 Å². The smallest absolute Gasteiger partial charge is 0.163 e. The van der Waals surface area contributed by atoms with E-state index in [0.717, 1.165) is 28.4 Å². The molecule has 0 saturated heterocycles. The fraction of sp³-hybridized carbons (Fsp3) is 0.438. The van der Waals surface area contributed by atoms with Crippen LogP contribution in [0.15, 0.2) is 24.5 Å². The Morgan fingerprint density at radius 1 is 1.32 bits per heavy atom. The third kappa shape index (κ3) is 4.18. The Labute approximate surface area is 135 Å². The maximum absolute atomic E-state index is 9.21. The number of pyridine rings is 1. The molecule has 0 bridgehead atoms. The summed E-state index contributed by atoms with van der Waals surface area (Å²) in [5, 5.41) is 12.7. The van der Waals surface area contributed by atoms with Crippen molar-refractivity contribution in [2.45, 2.75) is 26.3 Å². The normalized spacial score (nSPS) is 12.2. The van der Waals surface area contributed by atoms with Crippen LogP contribution >= 0.6 is 11.8 Å². The van der Waals surface area contributed by atoms with E-state index < -0.39 is 0 Å². The van der Waals surface area contributed by atoms with Gasteiger partial charge in [-0.1, -0.05) is 0 Å². The molecule has 2 heterocycles. The average molecular weight is 318 g/mol. The van der Waals surface area contributed by atoms with Gasteiger partial charge in [0, 0.05) is 47.6 Å². The molecule has 2 N–H and O–H groups in total. The highest BCUT2D eigenvalue weighted by Crippen LogP contribution is 2.22. The van der Waals surface area contributed by atoms with Crippen molar-refractivity contribution in [3.05, 3.63) is 35.8 Å². The van der Waals surface area contributed by atoms with Crippen LogP contribution in [0.5, 0.6) is 0 Å². The number of aliphatic hydroxyl groups is 1. The molecule has 0 aliphatic carbocycles. The molecule has 0 aliphatic rings. The first kappa shape index (κ1) is 16.7. The average Bonchev–Trinajstić information content (AvgIpc) is 2.53. The van der Waals surface area contributed by atoms with Gasteiger partial charge in [0.2, 0.25) is 0 Å². The van der Waals surface area contributed by atoms with E-state index in [1.807, 2.05) is 26.0 Å². The minimum atomic E-state index is 0.163. The highest BCUT2D eigenvalue weighted by atomic mass is 32.2. The molecule has 2 aromatic rings. The largest absolute Gasteiger partial charge is 0.396 e. The summed E-state index contributed by atoms with van der Waals surface area (Å²) >= 11 is 1.75. The van der Waals surface area contributed by atoms with Gasteiger partial charge in [-0.3, -0.25) is 4.98 Å². The number of thioether (sulfide) groups is 1. The fourth-order valence-corrected chi connectivity index (χ4v) is 2.79. The van der Waals surface area contributed by atoms with Crippen LogP contribution in [-0.2, 0) is 0 Å². The Bertz CT molecular complexity index is 601. The summed E-state index contributed by atoms with van der Waals surface area (Å²) in [6, 6.07) is 4.02. The molecular formula is C16H22N4OS. The first-order valence-electron chi connectivity index (χ1n) is 7.27. The SMILES string of the molecule is CSCC(CCO)Nc1nc(-c2cccnc2)nc(C)c1C. The predicted molar refractivity (Wildman–Crippen MR) is 92.2 cm³/mol. The number of hydrogen-bond donors (Lipinski definition) is 2. The summed E-state index contributed by atoms with van der Waals surface area (Å²) in [4.78, 5) is 13.3. The van der Waals surface area contributed by atoms with Gasteiger partial charge in [0.05, 0.1) is 0 Å². The fourth-order valence-electron chi connectivity index (χ4n) is 2.14. The summed E-state index contributed by atoms with van der Waals surface area (Å²) in [5.41, 5.74) is 2.89. The topological polar surface area (TPSA) is 70.9 Å². The zero-order valence-electron chi connectivity index (χ0n) is 13.2. The number of anilines is 1. The molecule has 6 heteroatoms. The Kier molecular flexibility index (Phi) is 6.15. The number of nitrogens with zero attached hydrogens (tertiary/aromatic N) is 3. The minimum absolute atomic E-state index is 0.163. The van der Waals surface area contributed by atoms with Crippen molar-refractivity contribution in [1.29, 1.82) is 0 Å². The maximum atomic E-state index is 9.21. The monoisotopic (exact) mass is 318 g/mol. The standard InChI is InChI=1S/C16H22N4OS/c1-11-12(2)18-16(13-5-4-7-17-9-13)20-15(11)19-14(6-8-21)10-22-3/h4-5,7,9,14,21H,6,8,10H2,1-3H3,(H,18,19,20). The van der Waals surface area contributed by atoms with E-state index >= 15 is 0 Å². The molecule has 118 valence electrons. The number of hydrogen-bond acceptors (Lipinski definition) is 6. The van der Waals surface area contributed by atoms with Crippen molar-refractivity contribution >= 4 is 17.6 Å². The van der Waals surface area contributed by atoms with Crippen LogP contribution < -0.4 is 5.32 Å². The van der Waals surface area contributed by atoms with Gasteiger partial charge in [-0.25, -0.2) is 9.97 Å². The number of aromatic nitrogens is 3. The second kappa shape index (κ2) is 8.10. The van der Waals surface area contributed by atoms with Gasteiger partial charge < -0.3 is 10.4 Å². The maximum Gasteiger partial charge on any atom is 0.163 e. The van der Waals surface area contributed by atoms with Gasteiger partial charge in [0.15, 0.2) is 5.82 Å². The van der Waals surface area contributed by atoms with Gasteiger partial charge in [0.1, 0.15) is 5.82 Å². The Morgan fingerprint density at radius 2 is 2.14 bits per heavy atom. The molecule has 22 heavy (non-hydrogen) atoms. The molecule has 2 rings (SSSR count). The third-order valence-corrected chi connectivity index (χ3v) is 4.23. The molecule has 0 fully saturated rings. The second-order valence-corrected chi connectivity index (χ2v) is 6.07. The van der Waals surface area contributed by atoms with Crippen LogP contribution in [0.2, 0.25) is 0 Å². The van der Waals surface area contributed by atoms with E-state index in [4.69, 9.17) is 0 Å². The first-order chi connectivity index (χ1) is 10.7. The highest BCUT2D eigenvalue weighted by molar-refractivity contribution is 7.98. The number of nitrogens with one attached hydrogen (secondary N) is 1. The summed E-state index contributed by atoms with van der Waals surface area (Å²) < 4.78 is 0. The molecular weight excluding hydrogens is 296 g/mol. The van der Waals surface area contributed by atoms with Crippen LogP contribution in [0.4, 0.5) is 5.82 Å². The van der Waals surface area contributed by atoms with Gasteiger partial charge in [-0.2, -0.15) is 11.8 Å². The lowest BCUT2D eigenvalue weighted by Crippen LogP contribution is -2.25. The lowest BCUT2D eigenvalue weighted by atomic mass is 10.2. The van der Waals surface area contributed by atoms with Crippen LogP contribution in [0, 0.1) is 13.8 Å². The van der Waals surface area contributed by atoms with E-state index in [1.54, 1.807) is 24.2 Å². The summed E-state index contributed by atoms with van der Waals surface area (Å²) in [5.74, 6) is 2.43. The quantitative estimate of drug-likeness (QED) is 0.818. The van der Waals surface area contributed by atoms with Gasteiger partial charge >= 0.3 is 0 Å². The van der Waals surface area contributed by atoms with E-state index in [-0.39, 0.29) is 12.6 Å². The molecule has 1 atom stereocenters. The van der Waals surface area contributed by atoms with Gasteiger partial charge in [-0.15, -0.1) is 0 Å². The summed E-state index contributed by atoms with van der Waals surface area (Å²) in [6.07, 6.45) is 6.26. The molecule has 2 aromatic heterocycles. The lowest BCUT2D eigenvalue weighted by Gasteiger charge is -2.20. The molecule has 0 aromatic carbocycles. The molecule has 0 amide bonds. The Balaban J connectivity index is 2.32. The van der Waals surface area contributed by atoms with Crippen molar-refractivity contribution in [3.63, 3.8) is 0 Å². The van der Waals surface area contributed by atoms with E-state index in [9.17, 15) is 5.11 Å². The van der Waals surface area contributed by atoms with Crippen LogP contribution in [0.25, 0.3) is 11.4 Å². The van der Waals surface area contributed by atoms with Crippen molar-refractivity contribution < 1.29 is 5.11 Å². The Morgan fingerprint density at radius 3 is 2.77 bits per heavy atom. The second-order valence-electron chi connectivity index (χ2n) is 5.16. The Hall–Kier alpha value is -1.66. The predicted octanol–water partition coefficient (Wildman–Crippen LogP) is 2.68. The van der Waals surface area contributed by atoms with E-state index in [0.29, 0.717) is 12.2 Å². The molecule has 1 unspecified atom stereocenters. The molecule has 5 nitrogen and oxygen atoms in total. The summed E-state index contributed by atoms with van der Waals surface area (Å²) in [6.45, 7) is 4.16. The number of aliphatic hydroxyl groups excluding tert-OH is 1. The lowest BCUT2D eigenvalue weighted by molar-refractivity contribution is 0.282. The van der Waals surface area contributed by atoms with Crippen molar-refractivity contribution in [1.82, 2.24) is 15.0 Å². The van der Waals surface area contributed by atoms with E-state index in [2.05, 4.69) is 26.5 Å². The zero-order valence-corrected chi connectivity index (χ0v) is 14.0. The van der Waals surface area contributed by atoms with Crippen LogP contribution in [0.1, 0.15) is 17.7 Å². The molecule has 0 aliphatic heterocycles. The summed E-state index contributed by atoms with van der Waals surface area (Å²) in [7, 11) is 0. The molecule has 0 saturated carbocycles. The van der Waals surface area contributed by atoms with Crippen LogP contribution in [0.3, 0.4) is 0 Å². The number of rotatable bonds is 7. The highest BCUT2D eigenvalue weighted by Gasteiger charge is 2.14. The van der Waals surface area contributed by atoms with Crippen LogP contribution in [-0.4, -0.2) is 44.7 Å². The van der Waals surface area contributed by atoms with Gasteiger partial charge in [-0.05, 0) is 38.7 Å². The molecule has 0 radical (unpaired) electrons. The van der Waals surface area contributed by atoms with Crippen molar-refractivity contribution in [2.24, 2.45) is 0 Å². The number of aryl methyl sites for hydroxylation is 1. The zero-order chi connectivity index (χ0) is 15.9. The van der Waals surface area contributed by atoms with E-state index in [1.165, 1.54) is 0 Å².